The average Bonchev–Trinajstić information content (AvgIpc) is 2.46. The van der Waals surface area contributed by atoms with Crippen molar-refractivity contribution in [1.82, 2.24) is 0 Å². The number of carbonyl (C=O) groups excluding carboxylic acids is 1. The van der Waals surface area contributed by atoms with Crippen LogP contribution in [0.4, 0.5) is 0 Å². The molecule has 0 spiro atoms. The standard InChI is InChI=1S/C14H10Br2O4/c1-19-13-9(15)7-10(12(17)11(13)16)20-14(18)8-5-3-2-4-6-8/h2-7,17H,1H3. The SMILES string of the molecule is COc1c(Br)cc(OC(=O)c2ccccc2)c(O)c1Br. The van der Waals surface area contributed by atoms with E-state index < -0.39 is 5.97 Å². The van der Waals surface area contributed by atoms with Gasteiger partial charge in [-0.25, -0.2) is 4.79 Å². The molecule has 0 aliphatic heterocycles. The second kappa shape index (κ2) is 6.28. The average molecular weight is 402 g/mol. The van der Waals surface area contributed by atoms with E-state index in [1.165, 1.54) is 13.2 Å². The molecular formula is C14H10Br2O4. The molecule has 1 N–H and O–H groups in total. The maximum atomic E-state index is 11.9. The molecule has 4 nitrogen and oxygen atoms in total. The first-order chi connectivity index (χ1) is 9.54. The number of ether oxygens (including phenoxy) is 2. The van der Waals surface area contributed by atoms with Gasteiger partial charge in [0.05, 0.1) is 17.1 Å². The third kappa shape index (κ3) is 2.96. The Morgan fingerprint density at radius 3 is 2.45 bits per heavy atom. The maximum Gasteiger partial charge on any atom is 0.343 e. The molecule has 0 radical (unpaired) electrons. The van der Waals surface area contributed by atoms with Crippen LogP contribution in [0, 0.1) is 0 Å². The lowest BCUT2D eigenvalue weighted by Crippen LogP contribution is -2.08. The predicted octanol–water partition coefficient (Wildman–Crippen LogP) is 4.15. The van der Waals surface area contributed by atoms with E-state index in [-0.39, 0.29) is 11.5 Å². The molecule has 0 saturated carbocycles. The minimum absolute atomic E-state index is 0.0402. The van der Waals surface area contributed by atoms with E-state index in [2.05, 4.69) is 31.9 Å². The highest BCUT2D eigenvalue weighted by Gasteiger charge is 2.19. The van der Waals surface area contributed by atoms with E-state index in [9.17, 15) is 9.90 Å². The normalized spacial score (nSPS) is 10.2. The molecule has 0 fully saturated rings. The molecule has 0 atom stereocenters. The largest absolute Gasteiger partial charge is 0.503 e. The van der Waals surface area contributed by atoms with Gasteiger partial charge in [-0.05, 0) is 44.0 Å². The Morgan fingerprint density at radius 1 is 1.20 bits per heavy atom. The summed E-state index contributed by atoms with van der Waals surface area (Å²) >= 11 is 6.47. The molecule has 0 saturated heterocycles. The number of halogens is 2. The summed E-state index contributed by atoms with van der Waals surface area (Å²) in [6.07, 6.45) is 0. The van der Waals surface area contributed by atoms with E-state index >= 15 is 0 Å². The lowest BCUT2D eigenvalue weighted by Gasteiger charge is -2.12. The Hall–Kier alpha value is -1.53. The third-order valence-electron chi connectivity index (χ3n) is 2.53. The summed E-state index contributed by atoms with van der Waals surface area (Å²) in [6, 6.07) is 10.0. The van der Waals surface area contributed by atoms with E-state index in [4.69, 9.17) is 9.47 Å². The monoisotopic (exact) mass is 400 g/mol. The zero-order valence-corrected chi connectivity index (χ0v) is 13.6. The van der Waals surface area contributed by atoms with Crippen LogP contribution in [0.15, 0.2) is 45.3 Å². The molecule has 0 heterocycles. The van der Waals surface area contributed by atoms with Gasteiger partial charge in [-0.3, -0.25) is 0 Å². The predicted molar refractivity (Wildman–Crippen MR) is 81.5 cm³/mol. The van der Waals surface area contributed by atoms with Gasteiger partial charge in [0.25, 0.3) is 0 Å². The van der Waals surface area contributed by atoms with Gasteiger partial charge < -0.3 is 14.6 Å². The summed E-state index contributed by atoms with van der Waals surface area (Å²) < 4.78 is 11.2. The van der Waals surface area contributed by atoms with Crippen LogP contribution in [-0.4, -0.2) is 18.2 Å². The Balaban J connectivity index is 2.33. The van der Waals surface area contributed by atoms with Crippen molar-refractivity contribution in [2.45, 2.75) is 0 Å². The summed E-state index contributed by atoms with van der Waals surface area (Å²) in [4.78, 5) is 11.9. The van der Waals surface area contributed by atoms with Gasteiger partial charge in [-0.2, -0.15) is 0 Å². The van der Waals surface area contributed by atoms with Crippen LogP contribution in [0.1, 0.15) is 10.4 Å². The number of aromatic hydroxyl groups is 1. The van der Waals surface area contributed by atoms with Gasteiger partial charge >= 0.3 is 5.97 Å². The molecule has 0 amide bonds. The van der Waals surface area contributed by atoms with Crippen LogP contribution in [0.3, 0.4) is 0 Å². The maximum absolute atomic E-state index is 11.9. The number of phenols is 1. The van der Waals surface area contributed by atoms with Crippen molar-refractivity contribution in [2.75, 3.05) is 7.11 Å². The van der Waals surface area contributed by atoms with Gasteiger partial charge in [-0.15, -0.1) is 0 Å². The first-order valence-corrected chi connectivity index (χ1v) is 7.15. The molecule has 0 aliphatic rings. The van der Waals surface area contributed by atoms with Crippen molar-refractivity contribution >= 4 is 37.8 Å². The summed E-state index contributed by atoms with van der Waals surface area (Å²) in [5.74, 6) is -0.292. The zero-order valence-electron chi connectivity index (χ0n) is 10.4. The summed E-state index contributed by atoms with van der Waals surface area (Å²) in [7, 11) is 1.47. The van der Waals surface area contributed by atoms with Gasteiger partial charge in [0.2, 0.25) is 0 Å². The van der Waals surface area contributed by atoms with Crippen LogP contribution < -0.4 is 9.47 Å². The Labute approximate surface area is 132 Å². The van der Waals surface area contributed by atoms with Crippen molar-refractivity contribution in [3.05, 3.63) is 50.9 Å². The summed E-state index contributed by atoms with van der Waals surface area (Å²) in [5.41, 5.74) is 0.398. The smallest absolute Gasteiger partial charge is 0.343 e. The second-order valence-corrected chi connectivity index (χ2v) is 5.46. The van der Waals surface area contributed by atoms with E-state index in [1.807, 2.05) is 0 Å². The van der Waals surface area contributed by atoms with Crippen LogP contribution >= 0.6 is 31.9 Å². The first kappa shape index (κ1) is 14.9. The fourth-order valence-electron chi connectivity index (χ4n) is 1.57. The van der Waals surface area contributed by atoms with Crippen LogP contribution in [0.25, 0.3) is 0 Å². The number of benzene rings is 2. The summed E-state index contributed by atoms with van der Waals surface area (Å²) in [6.45, 7) is 0. The number of phenolic OH excluding ortho intramolecular Hbond substituents is 1. The quantitative estimate of drug-likeness (QED) is 0.620. The van der Waals surface area contributed by atoms with Crippen molar-refractivity contribution in [1.29, 1.82) is 0 Å². The molecule has 0 aromatic heterocycles. The molecule has 0 unspecified atom stereocenters. The number of hydrogen-bond acceptors (Lipinski definition) is 4. The fraction of sp³-hybridized carbons (Fsp3) is 0.0714. The minimum Gasteiger partial charge on any atom is -0.503 e. The van der Waals surface area contributed by atoms with Crippen LogP contribution in [0.2, 0.25) is 0 Å². The lowest BCUT2D eigenvalue weighted by atomic mass is 10.2. The molecular weight excluding hydrogens is 392 g/mol. The number of hydrogen-bond donors (Lipinski definition) is 1. The van der Waals surface area contributed by atoms with Gasteiger partial charge in [0.1, 0.15) is 4.47 Å². The van der Waals surface area contributed by atoms with Crippen molar-refractivity contribution in [3.63, 3.8) is 0 Å². The second-order valence-electron chi connectivity index (χ2n) is 3.81. The van der Waals surface area contributed by atoms with E-state index in [0.717, 1.165) is 0 Å². The Morgan fingerprint density at radius 2 is 1.85 bits per heavy atom. The zero-order chi connectivity index (χ0) is 14.7. The Kier molecular flexibility index (Phi) is 4.67. The molecule has 0 aliphatic carbocycles. The Bertz CT molecular complexity index is 641. The topological polar surface area (TPSA) is 55.8 Å². The first-order valence-electron chi connectivity index (χ1n) is 5.56. The van der Waals surface area contributed by atoms with E-state index in [1.54, 1.807) is 30.3 Å². The summed E-state index contributed by atoms with van der Waals surface area (Å²) in [5, 5.41) is 10.0. The molecule has 104 valence electrons. The van der Waals surface area contributed by atoms with Gasteiger partial charge in [0, 0.05) is 6.07 Å². The highest BCUT2D eigenvalue weighted by atomic mass is 79.9. The highest BCUT2D eigenvalue weighted by Crippen LogP contribution is 2.45. The van der Waals surface area contributed by atoms with Gasteiger partial charge in [-0.1, -0.05) is 18.2 Å². The minimum atomic E-state index is -0.551. The van der Waals surface area contributed by atoms with Crippen LogP contribution in [-0.2, 0) is 0 Å². The highest BCUT2D eigenvalue weighted by molar-refractivity contribution is 9.11. The molecule has 0 bridgehead atoms. The number of methoxy groups -OCH3 is 1. The number of carbonyl (C=O) groups is 1. The number of rotatable bonds is 3. The lowest BCUT2D eigenvalue weighted by molar-refractivity contribution is 0.0729. The molecule has 2 aromatic rings. The molecule has 2 rings (SSSR count). The molecule has 6 heteroatoms. The van der Waals surface area contributed by atoms with Crippen molar-refractivity contribution in [3.8, 4) is 17.2 Å². The fourth-order valence-corrected chi connectivity index (χ4v) is 2.97. The van der Waals surface area contributed by atoms with Crippen LogP contribution in [0.5, 0.6) is 17.2 Å². The number of esters is 1. The van der Waals surface area contributed by atoms with Crippen molar-refractivity contribution < 1.29 is 19.4 Å². The van der Waals surface area contributed by atoms with E-state index in [0.29, 0.717) is 20.3 Å². The molecule has 2 aromatic carbocycles. The third-order valence-corrected chi connectivity index (χ3v) is 3.86. The van der Waals surface area contributed by atoms with Gasteiger partial charge in [0.15, 0.2) is 17.2 Å². The molecule has 20 heavy (non-hydrogen) atoms. The van der Waals surface area contributed by atoms with Crippen molar-refractivity contribution in [2.24, 2.45) is 0 Å².